The molecule has 0 amide bonds. The van der Waals surface area contributed by atoms with E-state index in [2.05, 4.69) is 26.8 Å². The van der Waals surface area contributed by atoms with Crippen molar-refractivity contribution in [3.05, 3.63) is 11.6 Å². The van der Waals surface area contributed by atoms with Crippen molar-refractivity contribution < 1.29 is 19.4 Å². The predicted octanol–water partition coefficient (Wildman–Crippen LogP) is 4.30. The Morgan fingerprint density at radius 1 is 1.21 bits per heavy atom. The Hall–Kier alpha value is -1.16. The van der Waals surface area contributed by atoms with Crippen LogP contribution in [-0.4, -0.2) is 29.6 Å². The minimum Gasteiger partial charge on any atom is -0.458 e. The third kappa shape index (κ3) is 2.98. The molecule has 156 valence electrons. The van der Waals surface area contributed by atoms with Gasteiger partial charge in [0.15, 0.2) is 5.78 Å². The van der Waals surface area contributed by atoms with Gasteiger partial charge in [-0.05, 0) is 79.4 Å². The fourth-order valence-corrected chi connectivity index (χ4v) is 7.95. The molecule has 0 heterocycles. The normalized spacial score (nSPS) is 47.4. The summed E-state index contributed by atoms with van der Waals surface area (Å²) in [5.74, 6) is 1.97. The van der Waals surface area contributed by atoms with E-state index >= 15 is 0 Å². The van der Waals surface area contributed by atoms with E-state index in [1.54, 1.807) is 0 Å². The Balaban J connectivity index is 1.59. The molecule has 0 saturated heterocycles. The molecule has 4 aliphatic rings. The third-order valence-electron chi connectivity index (χ3n) is 9.19. The molecule has 0 aromatic heterocycles. The van der Waals surface area contributed by atoms with Gasteiger partial charge in [0.1, 0.15) is 6.61 Å². The highest BCUT2D eigenvalue weighted by Gasteiger charge is 2.61. The largest absolute Gasteiger partial charge is 0.458 e. The molecular weight excluding hydrogens is 352 g/mol. The number of allylic oxidation sites excluding steroid dienone is 1. The molecule has 4 heteroatoms. The number of esters is 1. The average Bonchev–Trinajstić information content (AvgIpc) is 2.90. The molecule has 0 spiro atoms. The molecule has 8 atom stereocenters. The number of ketones is 1. The number of carbonyl (C=O) groups excluding carboxylic acids is 2. The van der Waals surface area contributed by atoms with Gasteiger partial charge in [-0.3, -0.25) is 9.59 Å². The molecule has 4 rings (SSSR count). The molecule has 1 N–H and O–H groups in total. The lowest BCUT2D eigenvalue weighted by atomic mass is 9.47. The first-order valence-electron chi connectivity index (χ1n) is 11.2. The summed E-state index contributed by atoms with van der Waals surface area (Å²) in [6, 6.07) is 0. The Morgan fingerprint density at radius 2 is 1.96 bits per heavy atom. The van der Waals surface area contributed by atoms with Crippen molar-refractivity contribution in [3.63, 3.8) is 0 Å². The van der Waals surface area contributed by atoms with Crippen molar-refractivity contribution in [3.8, 4) is 0 Å². The van der Waals surface area contributed by atoms with Crippen LogP contribution in [0.1, 0.15) is 72.6 Å². The lowest BCUT2D eigenvalue weighted by Crippen LogP contribution is -2.51. The van der Waals surface area contributed by atoms with Crippen molar-refractivity contribution >= 4 is 11.8 Å². The van der Waals surface area contributed by atoms with Crippen LogP contribution in [0.5, 0.6) is 0 Å². The first kappa shape index (κ1) is 20.1. The van der Waals surface area contributed by atoms with Gasteiger partial charge in [0.05, 0.1) is 6.10 Å². The Morgan fingerprint density at radius 3 is 2.68 bits per heavy atom. The van der Waals surface area contributed by atoms with Crippen LogP contribution >= 0.6 is 0 Å². The summed E-state index contributed by atoms with van der Waals surface area (Å²) in [6.07, 6.45) is 9.59. The topological polar surface area (TPSA) is 63.6 Å². The minimum atomic E-state index is -0.373. The first-order valence-corrected chi connectivity index (χ1v) is 11.2. The number of Topliss-reactive ketones (excluding diaryl/α,β-unsaturated/α-hetero) is 1. The number of aliphatic hydroxyl groups excluding tert-OH is 1. The fraction of sp³-hybridized carbons (Fsp3) is 0.833. The van der Waals surface area contributed by atoms with E-state index in [9.17, 15) is 14.7 Å². The summed E-state index contributed by atoms with van der Waals surface area (Å²) < 4.78 is 5.07. The van der Waals surface area contributed by atoms with E-state index in [0.717, 1.165) is 38.5 Å². The molecule has 0 aromatic carbocycles. The van der Waals surface area contributed by atoms with Crippen LogP contribution in [0, 0.1) is 40.4 Å². The first-order chi connectivity index (χ1) is 13.2. The lowest BCUT2D eigenvalue weighted by Gasteiger charge is -2.57. The average molecular weight is 389 g/mol. The zero-order valence-electron chi connectivity index (χ0n) is 17.9. The van der Waals surface area contributed by atoms with Gasteiger partial charge in [0, 0.05) is 12.8 Å². The van der Waals surface area contributed by atoms with Crippen molar-refractivity contribution in [2.24, 2.45) is 40.4 Å². The zero-order valence-corrected chi connectivity index (χ0v) is 17.9. The third-order valence-corrected chi connectivity index (χ3v) is 9.19. The highest BCUT2D eigenvalue weighted by Crippen LogP contribution is 2.67. The van der Waals surface area contributed by atoms with Crippen LogP contribution in [0.3, 0.4) is 0 Å². The molecular formula is C24H36O4. The van der Waals surface area contributed by atoms with Crippen LogP contribution in [0.25, 0.3) is 0 Å². The van der Waals surface area contributed by atoms with E-state index in [0.29, 0.717) is 23.7 Å². The Labute approximate surface area is 169 Å². The maximum Gasteiger partial charge on any atom is 0.303 e. The summed E-state index contributed by atoms with van der Waals surface area (Å²) >= 11 is 0. The highest BCUT2D eigenvalue weighted by atomic mass is 16.5. The second-order valence-electron chi connectivity index (χ2n) is 10.6. The van der Waals surface area contributed by atoms with Crippen LogP contribution in [-0.2, 0) is 14.3 Å². The molecule has 3 fully saturated rings. The van der Waals surface area contributed by atoms with Crippen molar-refractivity contribution in [2.75, 3.05) is 6.61 Å². The maximum absolute atomic E-state index is 13.0. The zero-order chi connectivity index (χ0) is 20.3. The highest BCUT2D eigenvalue weighted by molar-refractivity contribution is 5.85. The number of carbonyl (C=O) groups is 2. The molecule has 0 aliphatic heterocycles. The molecule has 4 nitrogen and oxygen atoms in total. The summed E-state index contributed by atoms with van der Waals surface area (Å²) in [4.78, 5) is 24.2. The summed E-state index contributed by atoms with van der Waals surface area (Å²) in [5, 5.41) is 10.2. The molecule has 0 bridgehead atoms. The number of hydrogen-bond acceptors (Lipinski definition) is 4. The van der Waals surface area contributed by atoms with Gasteiger partial charge in [-0.1, -0.05) is 32.4 Å². The minimum absolute atomic E-state index is 0.00385. The van der Waals surface area contributed by atoms with Crippen molar-refractivity contribution in [1.29, 1.82) is 0 Å². The van der Waals surface area contributed by atoms with E-state index < -0.39 is 0 Å². The van der Waals surface area contributed by atoms with Gasteiger partial charge in [0.25, 0.3) is 0 Å². The van der Waals surface area contributed by atoms with Crippen molar-refractivity contribution in [1.82, 2.24) is 0 Å². The van der Waals surface area contributed by atoms with Crippen molar-refractivity contribution in [2.45, 2.75) is 78.7 Å². The Bertz CT molecular complexity index is 697. The summed E-state index contributed by atoms with van der Waals surface area (Å²) in [7, 11) is 0. The maximum atomic E-state index is 13.0. The molecule has 0 aromatic rings. The number of aliphatic hydroxyl groups is 1. The SMILES string of the molecule is CC(=O)OCC(=O)[C@H]1[C@H](C)C[C@H]2[C@@H]3CC=C4C[C@H](O)CC[C@]4(C)[C@H]3CC[C@@]21C. The van der Waals surface area contributed by atoms with Gasteiger partial charge in [-0.15, -0.1) is 0 Å². The van der Waals surface area contributed by atoms with Crippen LogP contribution in [0.15, 0.2) is 11.6 Å². The van der Waals surface area contributed by atoms with Crippen LogP contribution < -0.4 is 0 Å². The molecule has 0 radical (unpaired) electrons. The fourth-order valence-electron chi connectivity index (χ4n) is 7.95. The van der Waals surface area contributed by atoms with Gasteiger partial charge < -0.3 is 9.84 Å². The predicted molar refractivity (Wildman–Crippen MR) is 107 cm³/mol. The van der Waals surface area contributed by atoms with Gasteiger partial charge in [0.2, 0.25) is 0 Å². The Kier molecular flexibility index (Phi) is 5.01. The molecule has 28 heavy (non-hydrogen) atoms. The quantitative estimate of drug-likeness (QED) is 0.578. The van der Waals surface area contributed by atoms with E-state index in [1.165, 1.54) is 18.9 Å². The summed E-state index contributed by atoms with van der Waals surface area (Å²) in [5.41, 5.74) is 1.74. The standard InChI is InChI=1S/C24H36O4/c1-14-11-20-18-6-5-16-12-17(26)7-9-23(16,3)19(18)8-10-24(20,4)22(14)21(27)13-28-15(2)25/h5,14,17-20,22,26H,6-13H2,1-4H3/t14-,17-,18-,19+,20+,22-,23+,24+/m1/s1. The molecule has 0 unspecified atom stereocenters. The van der Waals surface area contributed by atoms with Gasteiger partial charge >= 0.3 is 5.97 Å². The second-order valence-corrected chi connectivity index (χ2v) is 10.6. The number of ether oxygens (including phenoxy) is 1. The monoisotopic (exact) mass is 388 g/mol. The number of hydrogen-bond donors (Lipinski definition) is 1. The number of rotatable bonds is 3. The van der Waals surface area contributed by atoms with Gasteiger partial charge in [-0.25, -0.2) is 0 Å². The van der Waals surface area contributed by atoms with E-state index in [-0.39, 0.29) is 41.2 Å². The van der Waals surface area contributed by atoms with Gasteiger partial charge in [-0.2, -0.15) is 0 Å². The van der Waals surface area contributed by atoms with Crippen LogP contribution in [0.4, 0.5) is 0 Å². The molecule has 4 aliphatic carbocycles. The smallest absolute Gasteiger partial charge is 0.303 e. The summed E-state index contributed by atoms with van der Waals surface area (Å²) in [6.45, 7) is 8.29. The lowest BCUT2D eigenvalue weighted by molar-refractivity contribution is -0.149. The van der Waals surface area contributed by atoms with E-state index in [1.807, 2.05) is 0 Å². The number of fused-ring (bicyclic) bond motifs is 5. The second kappa shape index (κ2) is 6.97. The van der Waals surface area contributed by atoms with E-state index in [4.69, 9.17) is 4.74 Å². The van der Waals surface area contributed by atoms with Crippen LogP contribution in [0.2, 0.25) is 0 Å². The molecule has 3 saturated carbocycles.